The van der Waals surface area contributed by atoms with Gasteiger partial charge in [0.1, 0.15) is 18.4 Å². The number of benzene rings is 3. The van der Waals surface area contributed by atoms with Gasteiger partial charge in [0.2, 0.25) is 11.8 Å². The summed E-state index contributed by atoms with van der Waals surface area (Å²) in [6.45, 7) is 4.87. The Balaban J connectivity index is 2.00. The molecule has 0 heterocycles. The summed E-state index contributed by atoms with van der Waals surface area (Å²) in [6, 6.07) is 19.3. The van der Waals surface area contributed by atoms with Crippen LogP contribution in [0.3, 0.4) is 0 Å². The van der Waals surface area contributed by atoms with Gasteiger partial charge < -0.3 is 10.2 Å². The predicted molar refractivity (Wildman–Crippen MR) is 154 cm³/mol. The Morgan fingerprint density at radius 1 is 0.947 bits per heavy atom. The monoisotopic (exact) mass is 651 g/mol. The van der Waals surface area contributed by atoms with Crippen LogP contribution in [-0.2, 0) is 26.2 Å². The molecule has 0 fully saturated rings. The minimum Gasteiger partial charge on any atom is -0.352 e. The molecule has 202 valence electrons. The van der Waals surface area contributed by atoms with Gasteiger partial charge in [-0.1, -0.05) is 37.3 Å². The molecule has 2 amide bonds. The number of rotatable bonds is 11. The predicted octanol–water partition coefficient (Wildman–Crippen LogP) is 4.96. The zero-order valence-electron chi connectivity index (χ0n) is 21.5. The van der Waals surface area contributed by atoms with Crippen LogP contribution in [-0.4, -0.2) is 43.8 Å². The highest BCUT2D eigenvalue weighted by Gasteiger charge is 2.32. The van der Waals surface area contributed by atoms with Crippen LogP contribution in [0.5, 0.6) is 0 Å². The van der Waals surface area contributed by atoms with Crippen molar-refractivity contribution in [1.82, 2.24) is 10.2 Å². The van der Waals surface area contributed by atoms with Gasteiger partial charge in [-0.05, 0) is 97.0 Å². The zero-order chi connectivity index (χ0) is 27.9. The fourth-order valence-electron chi connectivity index (χ4n) is 3.69. The fraction of sp³-hybridized carbons (Fsp3) is 0.286. The van der Waals surface area contributed by atoms with Crippen LogP contribution < -0.4 is 9.62 Å². The van der Waals surface area contributed by atoms with E-state index in [4.69, 9.17) is 0 Å². The molecule has 0 spiro atoms. The number of sulfonamides is 1. The second kappa shape index (κ2) is 13.2. The van der Waals surface area contributed by atoms with E-state index in [1.165, 1.54) is 41.3 Å². The molecule has 10 heteroatoms. The first-order chi connectivity index (χ1) is 18.0. The molecule has 0 saturated carbocycles. The van der Waals surface area contributed by atoms with E-state index in [1.54, 1.807) is 49.4 Å². The number of halogens is 2. The van der Waals surface area contributed by atoms with Gasteiger partial charge in [-0.3, -0.25) is 13.9 Å². The Bertz CT molecular complexity index is 1340. The molecule has 1 N–H and O–H groups in total. The van der Waals surface area contributed by atoms with Crippen LogP contribution in [0.25, 0.3) is 0 Å². The summed E-state index contributed by atoms with van der Waals surface area (Å²) in [7, 11) is -4.11. The number of anilines is 1. The van der Waals surface area contributed by atoms with Gasteiger partial charge in [-0.15, -0.1) is 0 Å². The Morgan fingerprint density at radius 3 is 2.13 bits per heavy atom. The van der Waals surface area contributed by atoms with Gasteiger partial charge in [0.05, 0.1) is 10.6 Å². The van der Waals surface area contributed by atoms with Crippen LogP contribution in [0.15, 0.2) is 83.8 Å². The maximum absolute atomic E-state index is 13.8. The van der Waals surface area contributed by atoms with E-state index in [-0.39, 0.29) is 23.4 Å². The molecule has 2 atom stereocenters. The van der Waals surface area contributed by atoms with Crippen molar-refractivity contribution in [3.05, 3.63) is 93.8 Å². The van der Waals surface area contributed by atoms with Gasteiger partial charge in [0.25, 0.3) is 10.0 Å². The molecule has 3 rings (SSSR count). The van der Waals surface area contributed by atoms with Crippen LogP contribution in [0.2, 0.25) is 0 Å². The largest absolute Gasteiger partial charge is 0.352 e. The minimum atomic E-state index is -4.11. The first-order valence-electron chi connectivity index (χ1n) is 12.2. The van der Waals surface area contributed by atoms with Crippen LogP contribution in [0.4, 0.5) is 10.1 Å². The number of carbonyl (C=O) groups excluding carboxylic acids is 2. The standard InChI is InChI=1S/C28H31FIN3O4S/c1-4-20(2)31-28(35)21(3)32(18-22-10-12-23(29)13-11-22)27(34)19-33(25-16-14-24(30)15-17-25)38(36,37)26-8-6-5-7-9-26/h5-17,20-21H,4,18-19H2,1-3H3,(H,31,35). The van der Waals surface area contributed by atoms with Crippen molar-refractivity contribution in [2.24, 2.45) is 0 Å². The molecule has 3 aromatic carbocycles. The smallest absolute Gasteiger partial charge is 0.264 e. The van der Waals surface area contributed by atoms with E-state index in [2.05, 4.69) is 27.9 Å². The third kappa shape index (κ3) is 7.53. The Kier molecular flexibility index (Phi) is 10.3. The van der Waals surface area contributed by atoms with E-state index in [0.29, 0.717) is 17.7 Å². The Morgan fingerprint density at radius 2 is 1.55 bits per heavy atom. The molecule has 0 aliphatic rings. The number of hydrogen-bond acceptors (Lipinski definition) is 4. The quantitative estimate of drug-likeness (QED) is 0.297. The third-order valence-corrected chi connectivity index (χ3v) is 8.67. The highest BCUT2D eigenvalue weighted by molar-refractivity contribution is 14.1. The van der Waals surface area contributed by atoms with Crippen molar-refractivity contribution in [2.45, 2.75) is 50.7 Å². The summed E-state index contributed by atoms with van der Waals surface area (Å²) in [4.78, 5) is 28.2. The Hall–Kier alpha value is -2.99. The number of amides is 2. The second-order valence-corrected chi connectivity index (χ2v) is 12.1. The highest BCUT2D eigenvalue weighted by Crippen LogP contribution is 2.25. The minimum absolute atomic E-state index is 0.000118. The summed E-state index contributed by atoms with van der Waals surface area (Å²) >= 11 is 2.12. The Labute approximate surface area is 237 Å². The second-order valence-electron chi connectivity index (χ2n) is 8.94. The lowest BCUT2D eigenvalue weighted by atomic mass is 10.1. The van der Waals surface area contributed by atoms with Gasteiger partial charge in [0, 0.05) is 16.2 Å². The van der Waals surface area contributed by atoms with Crippen LogP contribution in [0, 0.1) is 9.39 Å². The zero-order valence-corrected chi connectivity index (χ0v) is 24.4. The van der Waals surface area contributed by atoms with Crippen LogP contribution >= 0.6 is 22.6 Å². The number of nitrogens with one attached hydrogen (secondary N) is 1. The van der Waals surface area contributed by atoms with Crippen molar-refractivity contribution >= 4 is 50.1 Å². The van der Waals surface area contributed by atoms with Gasteiger partial charge >= 0.3 is 0 Å². The SMILES string of the molecule is CCC(C)NC(=O)C(C)N(Cc1ccc(F)cc1)C(=O)CN(c1ccc(I)cc1)S(=O)(=O)c1ccccc1. The summed E-state index contributed by atoms with van der Waals surface area (Å²) in [5, 5.41) is 2.88. The first-order valence-corrected chi connectivity index (χ1v) is 14.7. The van der Waals surface area contributed by atoms with Crippen LogP contribution in [0.1, 0.15) is 32.8 Å². The molecule has 0 aromatic heterocycles. The van der Waals surface area contributed by atoms with E-state index >= 15 is 0 Å². The van der Waals surface area contributed by atoms with E-state index < -0.39 is 34.3 Å². The lowest BCUT2D eigenvalue weighted by Gasteiger charge is -2.32. The molecular weight excluding hydrogens is 620 g/mol. The third-order valence-electron chi connectivity index (χ3n) is 6.16. The maximum Gasteiger partial charge on any atom is 0.264 e. The van der Waals surface area contributed by atoms with Crippen molar-refractivity contribution in [1.29, 1.82) is 0 Å². The van der Waals surface area contributed by atoms with E-state index in [9.17, 15) is 22.4 Å². The summed E-state index contributed by atoms with van der Waals surface area (Å²) in [6.07, 6.45) is 0.709. The molecular formula is C28H31FIN3O4S. The lowest BCUT2D eigenvalue weighted by molar-refractivity contribution is -0.139. The maximum atomic E-state index is 13.8. The van der Waals surface area contributed by atoms with Gasteiger partial charge in [-0.25, -0.2) is 12.8 Å². The fourth-order valence-corrected chi connectivity index (χ4v) is 5.49. The van der Waals surface area contributed by atoms with Gasteiger partial charge in [0.15, 0.2) is 0 Å². The number of carbonyl (C=O) groups is 2. The molecule has 3 aromatic rings. The highest BCUT2D eigenvalue weighted by atomic mass is 127. The van der Waals surface area contributed by atoms with Gasteiger partial charge in [-0.2, -0.15) is 0 Å². The van der Waals surface area contributed by atoms with E-state index in [1.807, 2.05) is 13.8 Å². The molecule has 0 radical (unpaired) electrons. The van der Waals surface area contributed by atoms with Crippen molar-refractivity contribution < 1.29 is 22.4 Å². The topological polar surface area (TPSA) is 86.8 Å². The molecule has 7 nitrogen and oxygen atoms in total. The number of hydrogen-bond donors (Lipinski definition) is 1. The molecule has 0 aliphatic heterocycles. The summed E-state index contributed by atoms with van der Waals surface area (Å²) < 4.78 is 42.9. The number of nitrogens with zero attached hydrogens (tertiary/aromatic N) is 2. The summed E-state index contributed by atoms with van der Waals surface area (Å²) in [5.74, 6) is -1.35. The molecule has 38 heavy (non-hydrogen) atoms. The molecule has 0 bridgehead atoms. The molecule has 0 aliphatic carbocycles. The first kappa shape index (κ1) is 29.6. The molecule has 0 saturated heterocycles. The summed E-state index contributed by atoms with van der Waals surface area (Å²) in [5.41, 5.74) is 0.927. The average molecular weight is 652 g/mol. The lowest BCUT2D eigenvalue weighted by Crippen LogP contribution is -2.52. The van der Waals surface area contributed by atoms with E-state index in [0.717, 1.165) is 7.88 Å². The van der Waals surface area contributed by atoms with Crippen molar-refractivity contribution in [3.8, 4) is 0 Å². The van der Waals surface area contributed by atoms with Crippen molar-refractivity contribution in [2.75, 3.05) is 10.8 Å². The average Bonchev–Trinajstić information content (AvgIpc) is 2.91. The van der Waals surface area contributed by atoms with Crippen molar-refractivity contribution in [3.63, 3.8) is 0 Å². The normalized spacial score (nSPS) is 12.9. The molecule has 2 unspecified atom stereocenters.